The Hall–Kier alpha value is -3.06. The van der Waals surface area contributed by atoms with Gasteiger partial charge in [-0.15, -0.1) is 0 Å². The molecular formula is C18H13F3N4O2S. The monoisotopic (exact) mass is 406 g/mol. The number of rotatable bonds is 3. The van der Waals surface area contributed by atoms with E-state index in [-0.39, 0.29) is 17.1 Å². The smallest absolute Gasteiger partial charge is 0.324 e. The first kappa shape index (κ1) is 19.7. The normalized spacial score (nSPS) is 16.6. The molecule has 1 N–H and O–H groups in total. The minimum Gasteiger partial charge on any atom is -0.324 e. The fourth-order valence-corrected chi connectivity index (χ4v) is 3.51. The number of alkyl halides is 3. The van der Waals surface area contributed by atoms with E-state index in [0.29, 0.717) is 15.5 Å². The zero-order valence-electron chi connectivity index (χ0n) is 14.2. The van der Waals surface area contributed by atoms with Crippen LogP contribution in [0.1, 0.15) is 12.0 Å². The maximum atomic E-state index is 13.6. The van der Waals surface area contributed by atoms with E-state index in [2.05, 4.69) is 10.3 Å². The summed E-state index contributed by atoms with van der Waals surface area (Å²) in [7, 11) is 0. The van der Waals surface area contributed by atoms with Gasteiger partial charge in [0.15, 0.2) is 0 Å². The van der Waals surface area contributed by atoms with Gasteiger partial charge in [-0.05, 0) is 24.3 Å². The molecule has 1 aliphatic rings. The second-order valence-corrected chi connectivity index (χ2v) is 6.87. The van der Waals surface area contributed by atoms with Crippen molar-refractivity contribution in [2.24, 2.45) is 0 Å². The van der Waals surface area contributed by atoms with Crippen molar-refractivity contribution in [3.8, 4) is 6.07 Å². The third-order valence-electron chi connectivity index (χ3n) is 3.98. The highest BCUT2D eigenvalue weighted by molar-refractivity contribution is 7.99. The molecule has 0 aliphatic carbocycles. The van der Waals surface area contributed by atoms with Gasteiger partial charge in [0.05, 0.1) is 40.2 Å². The number of benzene rings is 1. The second-order valence-electron chi connectivity index (χ2n) is 5.87. The molecule has 0 radical (unpaired) electrons. The number of nitrogens with one attached hydrogen (secondary N) is 1. The lowest BCUT2D eigenvalue weighted by molar-refractivity contribution is -0.157. The van der Waals surface area contributed by atoms with Crippen molar-refractivity contribution < 1.29 is 22.8 Å². The predicted octanol–water partition coefficient (Wildman–Crippen LogP) is 3.35. The van der Waals surface area contributed by atoms with Crippen LogP contribution in [0.4, 0.5) is 24.5 Å². The molecule has 144 valence electrons. The number of hydrogen-bond acceptors (Lipinski definition) is 5. The second kappa shape index (κ2) is 7.90. The number of thioether (sulfide) groups is 1. The van der Waals surface area contributed by atoms with Crippen LogP contribution >= 0.6 is 11.8 Å². The number of pyridine rings is 1. The van der Waals surface area contributed by atoms with Crippen LogP contribution in [-0.4, -0.2) is 34.8 Å². The third-order valence-corrected chi connectivity index (χ3v) is 4.89. The number of carbonyl (C=O) groups is 2. The molecule has 6 nitrogen and oxygen atoms in total. The Morgan fingerprint density at radius 3 is 2.82 bits per heavy atom. The van der Waals surface area contributed by atoms with Crippen LogP contribution in [0.3, 0.4) is 0 Å². The Balaban J connectivity index is 1.91. The number of hydrogen-bond donors (Lipinski definition) is 1. The first-order valence-electron chi connectivity index (χ1n) is 8.06. The van der Waals surface area contributed by atoms with Gasteiger partial charge < -0.3 is 5.32 Å². The van der Waals surface area contributed by atoms with Crippen LogP contribution < -0.4 is 10.2 Å². The third kappa shape index (κ3) is 4.26. The quantitative estimate of drug-likeness (QED) is 0.790. The van der Waals surface area contributed by atoms with Gasteiger partial charge in [0, 0.05) is 6.20 Å². The Labute approximate surface area is 162 Å². The molecule has 2 heterocycles. The Kier molecular flexibility index (Phi) is 5.56. The topological polar surface area (TPSA) is 86.1 Å². The minimum absolute atomic E-state index is 0.0139. The van der Waals surface area contributed by atoms with Crippen molar-refractivity contribution in [2.75, 3.05) is 16.0 Å². The largest absolute Gasteiger partial charge is 0.409 e. The molecule has 2 aromatic rings. The number of para-hydroxylation sites is 2. The van der Waals surface area contributed by atoms with E-state index in [1.54, 1.807) is 6.07 Å². The summed E-state index contributed by atoms with van der Waals surface area (Å²) in [5.74, 6) is -1.97. The fourth-order valence-electron chi connectivity index (χ4n) is 2.76. The number of halogens is 3. The Morgan fingerprint density at radius 1 is 1.36 bits per heavy atom. The van der Waals surface area contributed by atoms with Crippen LogP contribution in [0.15, 0.2) is 47.6 Å². The molecule has 1 atom stereocenters. The molecular weight excluding hydrogens is 393 g/mol. The van der Waals surface area contributed by atoms with Crippen molar-refractivity contribution >= 4 is 35.0 Å². The molecule has 28 heavy (non-hydrogen) atoms. The van der Waals surface area contributed by atoms with Crippen molar-refractivity contribution in [1.29, 1.82) is 5.26 Å². The van der Waals surface area contributed by atoms with Gasteiger partial charge in [0.25, 0.3) is 0 Å². The van der Waals surface area contributed by atoms with E-state index in [4.69, 9.17) is 5.26 Å². The van der Waals surface area contributed by atoms with Gasteiger partial charge in [-0.25, -0.2) is 4.98 Å². The fraction of sp³-hybridized carbons (Fsp3) is 0.222. The lowest BCUT2D eigenvalue weighted by Crippen LogP contribution is -2.50. The number of amides is 2. The highest BCUT2D eigenvalue weighted by Crippen LogP contribution is 2.38. The summed E-state index contributed by atoms with van der Waals surface area (Å²) in [5.41, 5.74) is 0.454. The molecule has 0 bridgehead atoms. The first-order valence-corrected chi connectivity index (χ1v) is 9.05. The molecule has 1 unspecified atom stereocenters. The summed E-state index contributed by atoms with van der Waals surface area (Å²) in [5, 5.41) is 11.7. The van der Waals surface area contributed by atoms with Crippen LogP contribution in [0.25, 0.3) is 0 Å². The average Bonchev–Trinajstić information content (AvgIpc) is 2.82. The van der Waals surface area contributed by atoms with E-state index in [9.17, 15) is 22.8 Å². The van der Waals surface area contributed by atoms with E-state index >= 15 is 0 Å². The molecule has 3 rings (SSSR count). The van der Waals surface area contributed by atoms with Crippen molar-refractivity contribution in [3.63, 3.8) is 0 Å². The summed E-state index contributed by atoms with van der Waals surface area (Å²) in [6.45, 7) is 0. The van der Waals surface area contributed by atoms with E-state index in [0.717, 1.165) is 11.8 Å². The highest BCUT2D eigenvalue weighted by atomic mass is 32.2. The van der Waals surface area contributed by atoms with Crippen molar-refractivity contribution in [3.05, 3.63) is 48.2 Å². The average molecular weight is 406 g/mol. The lowest BCUT2D eigenvalue weighted by Gasteiger charge is -2.31. The Morgan fingerprint density at radius 2 is 2.11 bits per heavy atom. The lowest BCUT2D eigenvalue weighted by atomic mass is 10.1. The summed E-state index contributed by atoms with van der Waals surface area (Å²) in [4.78, 5) is 29.3. The van der Waals surface area contributed by atoms with Gasteiger partial charge in [-0.1, -0.05) is 23.9 Å². The van der Waals surface area contributed by atoms with Gasteiger partial charge >= 0.3 is 6.18 Å². The first-order chi connectivity index (χ1) is 13.3. The minimum atomic E-state index is -4.78. The molecule has 1 aliphatic heterocycles. The molecule has 1 aromatic heterocycles. The Bertz CT molecular complexity index is 958. The van der Waals surface area contributed by atoms with Crippen LogP contribution in [0.5, 0.6) is 0 Å². The maximum absolute atomic E-state index is 13.6. The van der Waals surface area contributed by atoms with E-state index < -0.39 is 30.5 Å². The molecule has 0 fully saturated rings. The molecule has 0 saturated carbocycles. The number of nitrogens with zero attached hydrogens (tertiary/aromatic N) is 3. The van der Waals surface area contributed by atoms with Crippen molar-refractivity contribution in [2.45, 2.75) is 23.7 Å². The molecule has 1 aromatic carbocycles. The summed E-state index contributed by atoms with van der Waals surface area (Å²) < 4.78 is 40.9. The number of aromatic nitrogens is 1. The molecule has 10 heteroatoms. The molecule has 2 amide bonds. The zero-order valence-corrected chi connectivity index (χ0v) is 15.0. The number of anilines is 2. The van der Waals surface area contributed by atoms with Gasteiger partial charge in [-0.2, -0.15) is 18.4 Å². The summed E-state index contributed by atoms with van der Waals surface area (Å²) in [6, 6.07) is 8.43. The zero-order chi connectivity index (χ0) is 20.3. The van der Waals surface area contributed by atoms with Crippen molar-refractivity contribution in [1.82, 2.24) is 4.98 Å². The number of carbonyl (C=O) groups excluding carboxylic acids is 2. The van der Waals surface area contributed by atoms with E-state index in [1.165, 1.54) is 36.5 Å². The van der Waals surface area contributed by atoms with Gasteiger partial charge in [0.1, 0.15) is 6.04 Å². The van der Waals surface area contributed by atoms with Crippen LogP contribution in [-0.2, 0) is 9.59 Å². The maximum Gasteiger partial charge on any atom is 0.409 e. The van der Waals surface area contributed by atoms with Crippen LogP contribution in [0, 0.1) is 11.3 Å². The summed E-state index contributed by atoms with van der Waals surface area (Å²) >= 11 is 0.921. The predicted molar refractivity (Wildman–Crippen MR) is 96.7 cm³/mol. The number of fused-ring (bicyclic) bond motifs is 1. The summed E-state index contributed by atoms with van der Waals surface area (Å²) in [6.07, 6.45) is -4.29. The van der Waals surface area contributed by atoms with Crippen LogP contribution in [0.2, 0.25) is 0 Å². The SMILES string of the molecule is N#Cc1ccnc(SCC(=O)N2c3ccccc3NC(=O)CC2C(F)(F)F)c1. The number of nitriles is 1. The highest BCUT2D eigenvalue weighted by Gasteiger charge is 2.48. The molecule has 0 spiro atoms. The van der Waals surface area contributed by atoms with Gasteiger partial charge in [0.2, 0.25) is 11.8 Å². The molecule has 0 saturated heterocycles. The van der Waals surface area contributed by atoms with Gasteiger partial charge in [-0.3, -0.25) is 14.5 Å². The standard InChI is InChI=1S/C18H13F3N4O2S/c19-18(20,21)14-8-15(26)24-12-3-1-2-4-13(12)25(14)17(27)10-28-16-7-11(9-22)5-6-23-16/h1-7,14H,8,10H2,(H,24,26). The van der Waals surface area contributed by atoms with E-state index in [1.807, 2.05) is 6.07 Å².